The highest BCUT2D eigenvalue weighted by molar-refractivity contribution is 6.31. The van der Waals surface area contributed by atoms with Gasteiger partial charge in [-0.05, 0) is 42.6 Å². The summed E-state index contributed by atoms with van der Waals surface area (Å²) in [5, 5.41) is 0.648. The first-order chi connectivity index (χ1) is 9.61. The maximum absolute atomic E-state index is 12.4. The van der Waals surface area contributed by atoms with Gasteiger partial charge < -0.3 is 5.73 Å². The number of nitrogens with two attached hydrogens (primary N) is 1. The Labute approximate surface area is 124 Å². The van der Waals surface area contributed by atoms with Crippen molar-refractivity contribution in [2.24, 2.45) is 5.73 Å². The van der Waals surface area contributed by atoms with Gasteiger partial charge >= 0.3 is 0 Å². The predicted molar refractivity (Wildman–Crippen MR) is 83.4 cm³/mol. The lowest BCUT2D eigenvalue weighted by molar-refractivity contribution is 0.0992. The summed E-state index contributed by atoms with van der Waals surface area (Å²) in [5.74, 6) is 0.0832. The van der Waals surface area contributed by atoms with Gasteiger partial charge in [-0.3, -0.25) is 4.79 Å². The third kappa shape index (κ3) is 3.47. The van der Waals surface area contributed by atoms with Gasteiger partial charge in [0.25, 0.3) is 0 Å². The summed E-state index contributed by atoms with van der Waals surface area (Å²) in [6.45, 7) is 2.52. The molecule has 0 aliphatic heterocycles. The summed E-state index contributed by atoms with van der Waals surface area (Å²) >= 11 is 6.19. The zero-order valence-electron chi connectivity index (χ0n) is 11.5. The van der Waals surface area contributed by atoms with Crippen molar-refractivity contribution in [3.8, 4) is 0 Å². The average Bonchev–Trinajstić information content (AvgIpc) is 2.43. The quantitative estimate of drug-likeness (QED) is 0.854. The van der Waals surface area contributed by atoms with Crippen molar-refractivity contribution in [2.45, 2.75) is 19.8 Å². The largest absolute Gasteiger partial charge is 0.330 e. The van der Waals surface area contributed by atoms with Crippen LogP contribution in [0.5, 0.6) is 0 Å². The summed E-state index contributed by atoms with van der Waals surface area (Å²) < 4.78 is 0. The maximum Gasteiger partial charge on any atom is 0.167 e. The molecular formula is C17H18ClNO. The van der Waals surface area contributed by atoms with Crippen molar-refractivity contribution in [1.29, 1.82) is 0 Å². The van der Waals surface area contributed by atoms with E-state index in [9.17, 15) is 4.79 Å². The molecule has 2 N–H and O–H groups in total. The molecule has 0 saturated carbocycles. The molecule has 2 aromatic carbocycles. The van der Waals surface area contributed by atoms with Crippen LogP contribution in [-0.2, 0) is 12.8 Å². The van der Waals surface area contributed by atoms with Gasteiger partial charge in [-0.25, -0.2) is 0 Å². The van der Waals surface area contributed by atoms with Crippen LogP contribution >= 0.6 is 11.6 Å². The second-order valence-electron chi connectivity index (χ2n) is 4.89. The number of benzene rings is 2. The smallest absolute Gasteiger partial charge is 0.167 e. The van der Waals surface area contributed by atoms with Crippen molar-refractivity contribution in [1.82, 2.24) is 0 Å². The minimum absolute atomic E-state index is 0.0832. The van der Waals surface area contributed by atoms with Crippen molar-refractivity contribution in [3.05, 3.63) is 69.7 Å². The Bertz CT molecular complexity index is 622. The van der Waals surface area contributed by atoms with E-state index in [-0.39, 0.29) is 5.78 Å². The Morgan fingerprint density at radius 2 is 1.90 bits per heavy atom. The molecule has 0 heterocycles. The number of rotatable bonds is 5. The Balaban J connectivity index is 2.24. The first-order valence-electron chi connectivity index (χ1n) is 6.68. The molecule has 104 valence electrons. The van der Waals surface area contributed by atoms with E-state index in [0.29, 0.717) is 24.4 Å². The number of carbonyl (C=O) groups is 1. The van der Waals surface area contributed by atoms with E-state index >= 15 is 0 Å². The average molecular weight is 288 g/mol. The van der Waals surface area contributed by atoms with Gasteiger partial charge in [0.15, 0.2) is 5.78 Å². The van der Waals surface area contributed by atoms with Crippen molar-refractivity contribution >= 4 is 17.4 Å². The lowest BCUT2D eigenvalue weighted by atomic mass is 9.96. The number of halogens is 1. The van der Waals surface area contributed by atoms with E-state index in [2.05, 4.69) is 0 Å². The summed E-state index contributed by atoms with van der Waals surface area (Å²) in [7, 11) is 0. The molecule has 0 spiro atoms. The van der Waals surface area contributed by atoms with E-state index in [4.69, 9.17) is 17.3 Å². The second-order valence-corrected chi connectivity index (χ2v) is 5.30. The SMILES string of the molecule is Cc1ccc(CC(=O)c2ccccc2CCN)c(Cl)c1. The fourth-order valence-corrected chi connectivity index (χ4v) is 2.53. The number of hydrogen-bond donors (Lipinski definition) is 1. The third-order valence-corrected chi connectivity index (χ3v) is 3.64. The van der Waals surface area contributed by atoms with Crippen LogP contribution in [0.2, 0.25) is 5.02 Å². The maximum atomic E-state index is 12.4. The minimum Gasteiger partial charge on any atom is -0.330 e. The summed E-state index contributed by atoms with van der Waals surface area (Å²) in [4.78, 5) is 12.4. The molecule has 0 aliphatic rings. The van der Waals surface area contributed by atoms with Gasteiger partial charge in [0.05, 0.1) is 0 Å². The van der Waals surface area contributed by atoms with Crippen LogP contribution in [0, 0.1) is 6.92 Å². The van der Waals surface area contributed by atoms with E-state index < -0.39 is 0 Å². The molecule has 0 saturated heterocycles. The van der Waals surface area contributed by atoms with Crippen LogP contribution < -0.4 is 5.73 Å². The van der Waals surface area contributed by atoms with Gasteiger partial charge in [-0.2, -0.15) is 0 Å². The molecule has 0 aliphatic carbocycles. The zero-order valence-corrected chi connectivity index (χ0v) is 12.3. The molecular weight excluding hydrogens is 270 g/mol. The predicted octanol–water partition coefficient (Wildman–Crippen LogP) is 3.58. The van der Waals surface area contributed by atoms with Gasteiger partial charge in [0.2, 0.25) is 0 Å². The number of hydrogen-bond acceptors (Lipinski definition) is 2. The lowest BCUT2D eigenvalue weighted by Crippen LogP contribution is -2.11. The fraction of sp³-hybridized carbons (Fsp3) is 0.235. The topological polar surface area (TPSA) is 43.1 Å². The van der Waals surface area contributed by atoms with Crippen LogP contribution in [0.3, 0.4) is 0 Å². The molecule has 0 unspecified atom stereocenters. The lowest BCUT2D eigenvalue weighted by Gasteiger charge is -2.09. The summed E-state index contributed by atoms with van der Waals surface area (Å²) in [6.07, 6.45) is 1.03. The van der Waals surface area contributed by atoms with E-state index in [1.165, 1.54) is 0 Å². The highest BCUT2D eigenvalue weighted by Gasteiger charge is 2.13. The Morgan fingerprint density at radius 3 is 2.60 bits per heavy atom. The molecule has 0 bridgehead atoms. The van der Waals surface area contributed by atoms with Crippen LogP contribution in [0.4, 0.5) is 0 Å². The first kappa shape index (κ1) is 14.8. The zero-order chi connectivity index (χ0) is 14.5. The molecule has 2 nitrogen and oxygen atoms in total. The monoisotopic (exact) mass is 287 g/mol. The van der Waals surface area contributed by atoms with Crippen LogP contribution in [0.25, 0.3) is 0 Å². The number of carbonyl (C=O) groups excluding carboxylic acids is 1. The van der Waals surface area contributed by atoms with E-state index in [0.717, 1.165) is 22.3 Å². The second kappa shape index (κ2) is 6.69. The molecule has 3 heteroatoms. The minimum atomic E-state index is 0.0832. The molecule has 0 atom stereocenters. The molecule has 0 aromatic heterocycles. The molecule has 0 radical (unpaired) electrons. The number of aryl methyl sites for hydroxylation is 1. The van der Waals surface area contributed by atoms with Gasteiger partial charge in [-0.1, -0.05) is 48.0 Å². The van der Waals surface area contributed by atoms with Crippen LogP contribution in [0.15, 0.2) is 42.5 Å². The number of ketones is 1. The Kier molecular flexibility index (Phi) is 4.94. The first-order valence-corrected chi connectivity index (χ1v) is 7.06. The fourth-order valence-electron chi connectivity index (χ4n) is 2.23. The Hall–Kier alpha value is -1.64. The summed E-state index contributed by atoms with van der Waals surface area (Å²) in [6, 6.07) is 13.4. The number of Topliss-reactive ketones (excluding diaryl/α,β-unsaturated/α-hetero) is 1. The van der Waals surface area contributed by atoms with Crippen LogP contribution in [-0.4, -0.2) is 12.3 Å². The molecule has 2 aromatic rings. The van der Waals surface area contributed by atoms with Gasteiger partial charge in [0, 0.05) is 17.0 Å². The van der Waals surface area contributed by atoms with Crippen molar-refractivity contribution < 1.29 is 4.79 Å². The highest BCUT2D eigenvalue weighted by atomic mass is 35.5. The molecule has 0 amide bonds. The van der Waals surface area contributed by atoms with E-state index in [1.54, 1.807) is 0 Å². The van der Waals surface area contributed by atoms with Gasteiger partial charge in [-0.15, -0.1) is 0 Å². The highest BCUT2D eigenvalue weighted by Crippen LogP contribution is 2.20. The molecule has 0 fully saturated rings. The third-order valence-electron chi connectivity index (χ3n) is 3.29. The van der Waals surface area contributed by atoms with E-state index in [1.807, 2.05) is 49.4 Å². The van der Waals surface area contributed by atoms with Crippen LogP contribution in [0.1, 0.15) is 27.0 Å². The normalized spacial score (nSPS) is 10.6. The van der Waals surface area contributed by atoms with Gasteiger partial charge in [0.1, 0.15) is 0 Å². The standard InChI is InChI=1S/C17H18ClNO/c1-12-6-7-14(16(18)10-12)11-17(20)15-5-3-2-4-13(15)8-9-19/h2-7,10H,8-9,11,19H2,1H3. The molecule has 20 heavy (non-hydrogen) atoms. The Morgan fingerprint density at radius 1 is 1.15 bits per heavy atom. The summed E-state index contributed by atoms with van der Waals surface area (Å²) in [5.41, 5.74) is 9.30. The van der Waals surface area contributed by atoms with Crippen molar-refractivity contribution in [2.75, 3.05) is 6.54 Å². The van der Waals surface area contributed by atoms with Crippen molar-refractivity contribution in [3.63, 3.8) is 0 Å². The molecule has 2 rings (SSSR count).